The van der Waals surface area contributed by atoms with Crippen LogP contribution in [-0.4, -0.2) is 23.2 Å². The van der Waals surface area contributed by atoms with Crippen LogP contribution in [0.2, 0.25) is 0 Å². The van der Waals surface area contributed by atoms with E-state index in [9.17, 15) is 4.79 Å². The number of hydrogen-bond acceptors (Lipinski definition) is 2. The molecule has 1 aromatic rings. The number of nitrogens with zero attached hydrogens (tertiary/aromatic N) is 1. The Bertz CT molecular complexity index is 426. The molecule has 2 rings (SSSR count). The molecule has 2 heterocycles. The topological polar surface area (TPSA) is 43.3 Å². The third kappa shape index (κ3) is 3.38. The molecule has 1 aliphatic heterocycles. The Morgan fingerprint density at radius 3 is 3.00 bits per heavy atom. The summed E-state index contributed by atoms with van der Waals surface area (Å²) in [6, 6.07) is 4.01. The highest BCUT2D eigenvalue weighted by molar-refractivity contribution is 5.79. The van der Waals surface area contributed by atoms with E-state index in [-0.39, 0.29) is 17.9 Å². The molecular formula is C15H24N2O2. The van der Waals surface area contributed by atoms with Crippen molar-refractivity contribution in [1.29, 1.82) is 0 Å². The Kier molecular flexibility index (Phi) is 4.64. The summed E-state index contributed by atoms with van der Waals surface area (Å²) in [7, 11) is 1.99. The van der Waals surface area contributed by atoms with E-state index in [4.69, 9.17) is 4.74 Å². The highest BCUT2D eigenvalue weighted by atomic mass is 16.5. The van der Waals surface area contributed by atoms with E-state index in [1.54, 1.807) is 0 Å². The van der Waals surface area contributed by atoms with Crippen LogP contribution >= 0.6 is 0 Å². The second kappa shape index (κ2) is 6.24. The van der Waals surface area contributed by atoms with Gasteiger partial charge in [0.15, 0.2) is 0 Å². The Morgan fingerprint density at radius 1 is 1.58 bits per heavy atom. The summed E-state index contributed by atoms with van der Waals surface area (Å²) in [6.45, 7) is 5.61. The molecule has 2 atom stereocenters. The van der Waals surface area contributed by atoms with Crippen molar-refractivity contribution in [2.24, 2.45) is 18.9 Å². The van der Waals surface area contributed by atoms with Crippen molar-refractivity contribution in [1.82, 2.24) is 9.88 Å². The third-order valence-electron chi connectivity index (χ3n) is 3.86. The van der Waals surface area contributed by atoms with Crippen molar-refractivity contribution < 1.29 is 9.53 Å². The van der Waals surface area contributed by atoms with E-state index in [1.165, 1.54) is 0 Å². The van der Waals surface area contributed by atoms with Crippen LogP contribution in [0, 0.1) is 11.8 Å². The van der Waals surface area contributed by atoms with Gasteiger partial charge in [0.25, 0.3) is 0 Å². The first-order valence-electron chi connectivity index (χ1n) is 7.09. The maximum absolute atomic E-state index is 12.3. The fourth-order valence-electron chi connectivity index (χ4n) is 2.73. The van der Waals surface area contributed by atoms with E-state index < -0.39 is 0 Å². The standard InChI is InChI=1S/C15H24N2O2/c1-11(2)14-13(7-5-9-19-14)15(18)16-10-12-6-4-8-17(12)3/h4,6,8,11,13-14H,5,7,9-10H2,1-3H3,(H,16,18)/t13-,14-/m0/s1. The molecule has 1 saturated heterocycles. The molecule has 1 fully saturated rings. The number of aryl methyl sites for hydroxylation is 1. The fourth-order valence-corrected chi connectivity index (χ4v) is 2.73. The maximum atomic E-state index is 12.3. The average Bonchev–Trinajstić information content (AvgIpc) is 2.81. The zero-order chi connectivity index (χ0) is 13.8. The van der Waals surface area contributed by atoms with E-state index in [0.29, 0.717) is 12.5 Å². The van der Waals surface area contributed by atoms with Gasteiger partial charge in [0, 0.05) is 25.5 Å². The molecule has 1 aromatic heterocycles. The molecule has 0 unspecified atom stereocenters. The van der Waals surface area contributed by atoms with Gasteiger partial charge in [-0.15, -0.1) is 0 Å². The predicted molar refractivity (Wildman–Crippen MR) is 74.6 cm³/mol. The summed E-state index contributed by atoms with van der Waals surface area (Å²) in [5.41, 5.74) is 1.12. The zero-order valence-electron chi connectivity index (χ0n) is 12.1. The molecular weight excluding hydrogens is 240 g/mol. The Balaban J connectivity index is 1.92. The zero-order valence-corrected chi connectivity index (χ0v) is 12.1. The first-order chi connectivity index (χ1) is 9.09. The van der Waals surface area contributed by atoms with Gasteiger partial charge in [-0.2, -0.15) is 0 Å². The van der Waals surface area contributed by atoms with Gasteiger partial charge in [-0.3, -0.25) is 4.79 Å². The molecule has 106 valence electrons. The molecule has 0 aromatic carbocycles. The molecule has 1 aliphatic rings. The van der Waals surface area contributed by atoms with Crippen LogP contribution in [-0.2, 0) is 23.1 Å². The van der Waals surface area contributed by atoms with Crippen LogP contribution in [0.15, 0.2) is 18.3 Å². The van der Waals surface area contributed by atoms with Gasteiger partial charge in [-0.1, -0.05) is 13.8 Å². The molecule has 0 radical (unpaired) electrons. The second-order valence-electron chi connectivity index (χ2n) is 5.66. The minimum Gasteiger partial charge on any atom is -0.377 e. The van der Waals surface area contributed by atoms with Crippen molar-refractivity contribution in [3.63, 3.8) is 0 Å². The molecule has 1 N–H and O–H groups in total. The number of aromatic nitrogens is 1. The Hall–Kier alpha value is -1.29. The number of rotatable bonds is 4. The SMILES string of the molecule is CC(C)[C@@H]1OCCC[C@@H]1C(=O)NCc1cccn1C. The Labute approximate surface area is 115 Å². The van der Waals surface area contributed by atoms with E-state index in [2.05, 4.69) is 19.2 Å². The van der Waals surface area contributed by atoms with E-state index in [0.717, 1.165) is 25.1 Å². The molecule has 0 aliphatic carbocycles. The molecule has 4 heteroatoms. The van der Waals surface area contributed by atoms with Gasteiger partial charge in [0.05, 0.1) is 18.6 Å². The highest BCUT2D eigenvalue weighted by Crippen LogP contribution is 2.26. The number of hydrogen-bond donors (Lipinski definition) is 1. The van der Waals surface area contributed by atoms with Gasteiger partial charge in [0.2, 0.25) is 5.91 Å². The predicted octanol–water partition coefficient (Wildman–Crippen LogP) is 2.09. The summed E-state index contributed by atoms with van der Waals surface area (Å²) in [5, 5.41) is 3.04. The monoisotopic (exact) mass is 264 g/mol. The molecule has 0 bridgehead atoms. The van der Waals surface area contributed by atoms with Crippen LogP contribution < -0.4 is 5.32 Å². The van der Waals surface area contributed by atoms with Crippen LogP contribution in [0.5, 0.6) is 0 Å². The van der Waals surface area contributed by atoms with Gasteiger partial charge in [0.1, 0.15) is 0 Å². The third-order valence-corrected chi connectivity index (χ3v) is 3.86. The normalized spacial score (nSPS) is 23.6. The summed E-state index contributed by atoms with van der Waals surface area (Å²) in [5.74, 6) is 0.500. The van der Waals surface area contributed by atoms with Crippen LogP contribution in [0.25, 0.3) is 0 Å². The first kappa shape index (κ1) is 14.1. The van der Waals surface area contributed by atoms with Crippen LogP contribution in [0.4, 0.5) is 0 Å². The lowest BCUT2D eigenvalue weighted by Gasteiger charge is -2.33. The number of carbonyl (C=O) groups excluding carboxylic acids is 1. The van der Waals surface area contributed by atoms with Crippen molar-refractivity contribution in [3.8, 4) is 0 Å². The van der Waals surface area contributed by atoms with Crippen molar-refractivity contribution in [3.05, 3.63) is 24.0 Å². The highest BCUT2D eigenvalue weighted by Gasteiger charge is 2.33. The number of nitrogens with one attached hydrogen (secondary N) is 1. The van der Waals surface area contributed by atoms with E-state index in [1.807, 2.05) is 29.9 Å². The molecule has 1 amide bonds. The lowest BCUT2D eigenvalue weighted by molar-refractivity contribution is -0.137. The summed E-state index contributed by atoms with van der Waals surface area (Å²) < 4.78 is 7.79. The minimum absolute atomic E-state index is 0.00554. The summed E-state index contributed by atoms with van der Waals surface area (Å²) in [6.07, 6.45) is 3.96. The van der Waals surface area contributed by atoms with Crippen molar-refractivity contribution >= 4 is 5.91 Å². The maximum Gasteiger partial charge on any atom is 0.226 e. The van der Waals surface area contributed by atoms with Gasteiger partial charge >= 0.3 is 0 Å². The lowest BCUT2D eigenvalue weighted by Crippen LogP contribution is -2.43. The van der Waals surface area contributed by atoms with Crippen molar-refractivity contribution in [2.45, 2.75) is 39.3 Å². The summed E-state index contributed by atoms with van der Waals surface area (Å²) >= 11 is 0. The Morgan fingerprint density at radius 2 is 2.37 bits per heavy atom. The number of amides is 1. The van der Waals surface area contributed by atoms with Crippen LogP contribution in [0.1, 0.15) is 32.4 Å². The van der Waals surface area contributed by atoms with Crippen molar-refractivity contribution in [2.75, 3.05) is 6.61 Å². The molecule has 0 spiro atoms. The van der Waals surface area contributed by atoms with E-state index >= 15 is 0 Å². The molecule has 0 saturated carbocycles. The minimum atomic E-state index is -0.00554. The number of carbonyl (C=O) groups is 1. The number of ether oxygens (including phenoxy) is 1. The quantitative estimate of drug-likeness (QED) is 0.905. The van der Waals surface area contributed by atoms with Gasteiger partial charge in [-0.05, 0) is 30.9 Å². The fraction of sp³-hybridized carbons (Fsp3) is 0.667. The molecule has 4 nitrogen and oxygen atoms in total. The average molecular weight is 264 g/mol. The smallest absolute Gasteiger partial charge is 0.226 e. The van der Waals surface area contributed by atoms with Gasteiger partial charge < -0.3 is 14.6 Å². The van der Waals surface area contributed by atoms with Crippen LogP contribution in [0.3, 0.4) is 0 Å². The first-order valence-corrected chi connectivity index (χ1v) is 7.09. The second-order valence-corrected chi connectivity index (χ2v) is 5.66. The largest absolute Gasteiger partial charge is 0.377 e. The lowest BCUT2D eigenvalue weighted by atomic mass is 9.87. The van der Waals surface area contributed by atoms with Gasteiger partial charge in [-0.25, -0.2) is 0 Å². The summed E-state index contributed by atoms with van der Waals surface area (Å²) in [4.78, 5) is 12.3. The molecule has 19 heavy (non-hydrogen) atoms.